The number of aromatic nitrogens is 4. The summed E-state index contributed by atoms with van der Waals surface area (Å²) in [5.74, 6) is 1.21. The van der Waals surface area contributed by atoms with E-state index >= 15 is 0 Å². The zero-order chi connectivity index (χ0) is 24.0. The predicted octanol–water partition coefficient (Wildman–Crippen LogP) is 3.81. The van der Waals surface area contributed by atoms with Crippen LogP contribution >= 0.6 is 0 Å². The topological polar surface area (TPSA) is 79.2 Å². The highest BCUT2D eigenvalue weighted by Crippen LogP contribution is 2.40. The highest BCUT2D eigenvalue weighted by atomic mass is 16.1. The van der Waals surface area contributed by atoms with Crippen molar-refractivity contribution in [2.45, 2.75) is 12.8 Å². The maximum atomic E-state index is 13.1. The summed E-state index contributed by atoms with van der Waals surface area (Å²) in [6.45, 7) is 4.35. The van der Waals surface area contributed by atoms with Crippen molar-refractivity contribution in [3.05, 3.63) is 66.7 Å². The van der Waals surface area contributed by atoms with E-state index < -0.39 is 0 Å². The quantitative estimate of drug-likeness (QED) is 0.492. The molecule has 0 aliphatic carbocycles. The van der Waals surface area contributed by atoms with Gasteiger partial charge < -0.3 is 15.1 Å². The van der Waals surface area contributed by atoms with Crippen LogP contribution in [-0.4, -0.2) is 63.8 Å². The van der Waals surface area contributed by atoms with Gasteiger partial charge in [0.1, 0.15) is 11.6 Å². The Morgan fingerprint density at radius 2 is 1.77 bits per heavy atom. The lowest BCUT2D eigenvalue weighted by Gasteiger charge is -2.53. The van der Waals surface area contributed by atoms with Crippen LogP contribution in [0, 0.1) is 5.41 Å². The number of nitrogens with one attached hydrogen (secondary N) is 1. The second-order valence-corrected chi connectivity index (χ2v) is 10.1. The fraction of sp³-hybridized carbons (Fsp3) is 0.333. The lowest BCUT2D eigenvalue weighted by atomic mass is 9.72. The maximum Gasteiger partial charge on any atom is 0.257 e. The number of hydrogen-bond acceptors (Lipinski definition) is 6. The van der Waals surface area contributed by atoms with E-state index in [0.717, 1.165) is 40.8 Å². The molecule has 2 fully saturated rings. The van der Waals surface area contributed by atoms with E-state index in [-0.39, 0.29) is 5.91 Å². The van der Waals surface area contributed by atoms with Gasteiger partial charge in [-0.1, -0.05) is 12.1 Å². The van der Waals surface area contributed by atoms with Crippen LogP contribution in [0.2, 0.25) is 0 Å². The van der Waals surface area contributed by atoms with Gasteiger partial charge in [0, 0.05) is 68.3 Å². The molecular weight excluding hydrogens is 438 g/mol. The Morgan fingerprint density at radius 3 is 2.51 bits per heavy atom. The Morgan fingerprint density at radius 1 is 0.943 bits per heavy atom. The number of anilines is 2. The van der Waals surface area contributed by atoms with Crippen LogP contribution in [0.15, 0.2) is 61.2 Å². The van der Waals surface area contributed by atoms with Crippen LogP contribution in [0.1, 0.15) is 23.2 Å². The van der Waals surface area contributed by atoms with Crippen LogP contribution in [0.25, 0.3) is 21.9 Å². The van der Waals surface area contributed by atoms with Gasteiger partial charge in [-0.2, -0.15) is 5.10 Å². The second-order valence-electron chi connectivity index (χ2n) is 10.1. The van der Waals surface area contributed by atoms with Crippen molar-refractivity contribution in [1.29, 1.82) is 0 Å². The summed E-state index contributed by atoms with van der Waals surface area (Å²) in [5, 5.41) is 9.25. The minimum absolute atomic E-state index is 0.182. The molecule has 0 bridgehead atoms. The number of piperidine rings is 1. The minimum Gasteiger partial charge on any atom is -0.357 e. The number of fused-ring (bicyclic) bond motifs is 1. The van der Waals surface area contributed by atoms with E-state index in [2.05, 4.69) is 49.4 Å². The number of aryl methyl sites for hydroxylation is 1. The highest BCUT2D eigenvalue weighted by molar-refractivity contribution is 6.05. The summed E-state index contributed by atoms with van der Waals surface area (Å²) in [6.07, 6.45) is 9.70. The lowest BCUT2D eigenvalue weighted by Crippen LogP contribution is -2.58. The van der Waals surface area contributed by atoms with Gasteiger partial charge in [0.25, 0.3) is 5.91 Å². The van der Waals surface area contributed by atoms with Crippen LogP contribution in [0.5, 0.6) is 0 Å². The number of rotatable bonds is 4. The molecule has 2 aliphatic rings. The van der Waals surface area contributed by atoms with Gasteiger partial charge >= 0.3 is 0 Å². The summed E-state index contributed by atoms with van der Waals surface area (Å²) in [7, 11) is 4.09. The van der Waals surface area contributed by atoms with Crippen LogP contribution in [0.3, 0.4) is 0 Å². The van der Waals surface area contributed by atoms with E-state index in [1.54, 1.807) is 23.1 Å². The third-order valence-electron chi connectivity index (χ3n) is 7.37. The first-order valence-corrected chi connectivity index (χ1v) is 12.1. The van der Waals surface area contributed by atoms with Crippen molar-refractivity contribution in [2.75, 3.05) is 43.4 Å². The Labute approximate surface area is 204 Å². The van der Waals surface area contributed by atoms with Gasteiger partial charge in [-0.05, 0) is 60.5 Å². The molecule has 2 saturated heterocycles. The van der Waals surface area contributed by atoms with Gasteiger partial charge in [0.05, 0.1) is 6.20 Å². The summed E-state index contributed by atoms with van der Waals surface area (Å²) in [6, 6.07) is 11.7. The molecule has 0 radical (unpaired) electrons. The number of nitrogens with zero attached hydrogens (tertiary/aromatic N) is 6. The molecule has 3 aromatic heterocycles. The van der Waals surface area contributed by atoms with E-state index in [0.29, 0.717) is 16.8 Å². The predicted molar refractivity (Wildman–Crippen MR) is 138 cm³/mol. The molecule has 6 rings (SSSR count). The summed E-state index contributed by atoms with van der Waals surface area (Å²) >= 11 is 0. The second kappa shape index (κ2) is 8.46. The molecule has 178 valence electrons. The maximum absolute atomic E-state index is 13.1. The first-order chi connectivity index (χ1) is 17.0. The van der Waals surface area contributed by atoms with Crippen molar-refractivity contribution >= 4 is 28.3 Å². The third-order valence-corrected chi connectivity index (χ3v) is 7.37. The summed E-state index contributed by atoms with van der Waals surface area (Å²) < 4.78 is 1.79. The Kier molecular flexibility index (Phi) is 5.25. The monoisotopic (exact) mass is 467 g/mol. The number of amides is 1. The van der Waals surface area contributed by atoms with E-state index in [9.17, 15) is 4.79 Å². The zero-order valence-corrected chi connectivity index (χ0v) is 20.1. The smallest absolute Gasteiger partial charge is 0.257 e. The molecule has 1 aromatic carbocycles. The molecule has 5 heterocycles. The van der Waals surface area contributed by atoms with Gasteiger partial charge in [0.15, 0.2) is 0 Å². The molecular formula is C27H29N7O. The number of carbonyl (C=O) groups excluding carboxylic acids is 1. The Balaban J connectivity index is 1.17. The first kappa shape index (κ1) is 21.7. The van der Waals surface area contributed by atoms with Crippen molar-refractivity contribution in [3.63, 3.8) is 0 Å². The summed E-state index contributed by atoms with van der Waals surface area (Å²) in [4.78, 5) is 26.7. The van der Waals surface area contributed by atoms with E-state index in [1.165, 1.54) is 25.9 Å². The molecule has 0 atom stereocenters. The SMILES string of the molecule is CN1CC2(CCN(c3cc(C(=O)Nc4cc5cc(-c6cnn(C)c6)ccc5cn4)ccn3)CC2)C1. The standard InChI is InChI=1S/C27H29N7O/c1-32-17-27(18-32)6-9-34(10-7-27)25-13-20(5-8-28-25)26(35)31-24-12-22-11-19(3-4-21(22)14-29-24)23-15-30-33(2)16-23/h3-5,8,11-16H,6-7,9-10,17-18H2,1-2H3,(H,29,31,35). The third kappa shape index (κ3) is 4.25. The van der Waals surface area contributed by atoms with Gasteiger partial charge in [-0.25, -0.2) is 9.97 Å². The average Bonchev–Trinajstić information content (AvgIpc) is 3.29. The number of pyridine rings is 2. The molecule has 8 nitrogen and oxygen atoms in total. The normalized spacial score (nSPS) is 17.5. The van der Waals surface area contributed by atoms with E-state index in [4.69, 9.17) is 0 Å². The average molecular weight is 468 g/mol. The molecule has 0 saturated carbocycles. The van der Waals surface area contributed by atoms with Gasteiger partial charge in [0.2, 0.25) is 0 Å². The molecule has 35 heavy (non-hydrogen) atoms. The Hall–Kier alpha value is -3.78. The fourth-order valence-corrected chi connectivity index (χ4v) is 5.51. The largest absolute Gasteiger partial charge is 0.357 e. The molecule has 1 amide bonds. The molecule has 2 aliphatic heterocycles. The molecule has 1 N–H and O–H groups in total. The van der Waals surface area contributed by atoms with Gasteiger partial charge in [-0.3, -0.25) is 9.48 Å². The van der Waals surface area contributed by atoms with Crippen molar-refractivity contribution < 1.29 is 4.79 Å². The van der Waals surface area contributed by atoms with Gasteiger partial charge in [-0.15, -0.1) is 0 Å². The van der Waals surface area contributed by atoms with Crippen molar-refractivity contribution in [1.82, 2.24) is 24.6 Å². The van der Waals surface area contributed by atoms with Crippen LogP contribution in [-0.2, 0) is 7.05 Å². The van der Waals surface area contributed by atoms with Crippen LogP contribution < -0.4 is 10.2 Å². The Bertz CT molecular complexity index is 1400. The molecule has 4 aromatic rings. The van der Waals surface area contributed by atoms with Crippen LogP contribution in [0.4, 0.5) is 11.6 Å². The number of benzene rings is 1. The molecule has 8 heteroatoms. The highest BCUT2D eigenvalue weighted by Gasteiger charge is 2.43. The molecule has 0 unspecified atom stereocenters. The lowest BCUT2D eigenvalue weighted by molar-refractivity contribution is 0.00121. The fourth-order valence-electron chi connectivity index (χ4n) is 5.51. The zero-order valence-electron chi connectivity index (χ0n) is 20.1. The number of likely N-dealkylation sites (tertiary alicyclic amines) is 1. The molecule has 1 spiro atoms. The van der Waals surface area contributed by atoms with Crippen molar-refractivity contribution in [2.24, 2.45) is 12.5 Å². The number of hydrogen-bond donors (Lipinski definition) is 1. The van der Waals surface area contributed by atoms with E-state index in [1.807, 2.05) is 37.6 Å². The first-order valence-electron chi connectivity index (χ1n) is 12.1. The minimum atomic E-state index is -0.182. The summed E-state index contributed by atoms with van der Waals surface area (Å²) in [5.41, 5.74) is 3.20. The van der Waals surface area contributed by atoms with Crippen molar-refractivity contribution in [3.8, 4) is 11.1 Å². The number of carbonyl (C=O) groups is 1.